The van der Waals surface area contributed by atoms with Gasteiger partial charge in [-0.05, 0) is 19.4 Å². The van der Waals surface area contributed by atoms with Crippen LogP contribution in [0.5, 0.6) is 0 Å². The first-order chi connectivity index (χ1) is 11.1. The molecule has 0 saturated heterocycles. The Kier molecular flexibility index (Phi) is 6.61. The molecule has 0 radical (unpaired) electrons. The van der Waals surface area contributed by atoms with Gasteiger partial charge in [-0.15, -0.1) is 10.2 Å². The second kappa shape index (κ2) is 8.69. The van der Waals surface area contributed by atoms with Gasteiger partial charge in [0.25, 0.3) is 0 Å². The number of rotatable bonds is 8. The van der Waals surface area contributed by atoms with E-state index in [4.69, 9.17) is 4.74 Å². The number of thioether (sulfide) groups is 1. The van der Waals surface area contributed by atoms with E-state index in [9.17, 15) is 4.79 Å². The molecule has 1 aromatic heterocycles. The largest absolute Gasteiger partial charge is 0.383 e. The third-order valence-corrected chi connectivity index (χ3v) is 4.21. The molecule has 2 aromatic rings. The second-order valence-electron chi connectivity index (χ2n) is 5.31. The van der Waals surface area contributed by atoms with Crippen LogP contribution in [0.4, 0.5) is 0 Å². The number of nitrogens with one attached hydrogen (secondary N) is 1. The number of aromatic nitrogens is 3. The van der Waals surface area contributed by atoms with Crippen molar-refractivity contribution in [3.63, 3.8) is 0 Å². The molecule has 0 aliphatic heterocycles. The number of benzene rings is 1. The van der Waals surface area contributed by atoms with E-state index < -0.39 is 0 Å². The number of nitrogens with zero attached hydrogens (tertiary/aromatic N) is 3. The maximum Gasteiger partial charge on any atom is 0.230 e. The first-order valence-corrected chi connectivity index (χ1v) is 8.43. The molecule has 0 bridgehead atoms. The van der Waals surface area contributed by atoms with Crippen LogP contribution in [0.25, 0.3) is 0 Å². The van der Waals surface area contributed by atoms with Crippen LogP contribution < -0.4 is 5.32 Å². The molecule has 1 N–H and O–H groups in total. The monoisotopic (exact) mass is 334 g/mol. The van der Waals surface area contributed by atoms with E-state index in [1.54, 1.807) is 7.11 Å². The zero-order valence-electron chi connectivity index (χ0n) is 13.7. The molecular weight excluding hydrogens is 312 g/mol. The normalized spacial score (nSPS) is 12.1. The van der Waals surface area contributed by atoms with E-state index in [1.165, 1.54) is 17.3 Å². The third kappa shape index (κ3) is 5.37. The fourth-order valence-corrected chi connectivity index (χ4v) is 2.95. The van der Waals surface area contributed by atoms with E-state index in [2.05, 4.69) is 27.6 Å². The highest BCUT2D eigenvalue weighted by Crippen LogP contribution is 2.18. The van der Waals surface area contributed by atoms with Gasteiger partial charge in [0.1, 0.15) is 5.82 Å². The van der Waals surface area contributed by atoms with Crippen LogP contribution in [0, 0.1) is 6.92 Å². The van der Waals surface area contributed by atoms with E-state index in [0.717, 1.165) is 11.0 Å². The number of hydrogen-bond donors (Lipinski definition) is 1. The molecule has 23 heavy (non-hydrogen) atoms. The lowest BCUT2D eigenvalue weighted by Crippen LogP contribution is -2.36. The summed E-state index contributed by atoms with van der Waals surface area (Å²) in [6.45, 7) is 5.03. The fourth-order valence-electron chi connectivity index (χ4n) is 2.15. The maximum atomic E-state index is 11.9. The lowest BCUT2D eigenvalue weighted by atomic mass is 10.2. The Hall–Kier alpha value is -1.86. The van der Waals surface area contributed by atoms with Crippen LogP contribution in [-0.4, -0.2) is 46.2 Å². The van der Waals surface area contributed by atoms with Crippen LogP contribution in [0.2, 0.25) is 0 Å². The standard InChI is InChI=1S/C16H22N4O2S/c1-12(10-22-3)17-15(21)11-23-16-19-18-13(2)20(16)9-14-7-5-4-6-8-14/h4-8,12H,9-11H2,1-3H3,(H,17,21). The molecule has 0 aliphatic carbocycles. The number of amides is 1. The summed E-state index contributed by atoms with van der Waals surface area (Å²) in [5.74, 6) is 1.11. The molecule has 1 aromatic carbocycles. The Morgan fingerprint density at radius 2 is 2.09 bits per heavy atom. The van der Waals surface area contributed by atoms with Crippen molar-refractivity contribution in [2.45, 2.75) is 31.6 Å². The number of hydrogen-bond acceptors (Lipinski definition) is 5. The average Bonchev–Trinajstić information content (AvgIpc) is 2.87. The Bertz CT molecular complexity index is 630. The van der Waals surface area contributed by atoms with Crippen molar-refractivity contribution >= 4 is 17.7 Å². The molecule has 1 amide bonds. The molecule has 0 spiro atoms. The van der Waals surface area contributed by atoms with Crippen molar-refractivity contribution in [2.24, 2.45) is 0 Å². The summed E-state index contributed by atoms with van der Waals surface area (Å²) in [5, 5.41) is 11.9. The van der Waals surface area contributed by atoms with Crippen molar-refractivity contribution < 1.29 is 9.53 Å². The predicted octanol–water partition coefficient (Wildman–Crippen LogP) is 1.88. The number of aryl methyl sites for hydroxylation is 1. The molecule has 124 valence electrons. The zero-order chi connectivity index (χ0) is 16.7. The molecule has 6 nitrogen and oxygen atoms in total. The third-order valence-electron chi connectivity index (χ3n) is 3.24. The smallest absolute Gasteiger partial charge is 0.230 e. The van der Waals surface area contributed by atoms with E-state index in [-0.39, 0.29) is 11.9 Å². The Morgan fingerprint density at radius 1 is 1.35 bits per heavy atom. The van der Waals surface area contributed by atoms with Crippen LogP contribution in [0.3, 0.4) is 0 Å². The summed E-state index contributed by atoms with van der Waals surface area (Å²) in [6, 6.07) is 10.1. The lowest BCUT2D eigenvalue weighted by Gasteiger charge is -2.12. The van der Waals surface area contributed by atoms with Gasteiger partial charge in [0, 0.05) is 13.2 Å². The molecule has 7 heteroatoms. The quantitative estimate of drug-likeness (QED) is 0.747. The topological polar surface area (TPSA) is 69.0 Å². The number of methoxy groups -OCH3 is 1. The van der Waals surface area contributed by atoms with Crippen LogP contribution in [0.15, 0.2) is 35.5 Å². The van der Waals surface area contributed by atoms with Crippen LogP contribution in [0.1, 0.15) is 18.3 Å². The van der Waals surface area contributed by atoms with Crippen molar-refractivity contribution in [2.75, 3.05) is 19.5 Å². The summed E-state index contributed by atoms with van der Waals surface area (Å²) in [4.78, 5) is 11.9. The molecule has 0 aliphatic rings. The minimum atomic E-state index is -0.0357. The maximum absolute atomic E-state index is 11.9. The van der Waals surface area contributed by atoms with Crippen LogP contribution >= 0.6 is 11.8 Å². The molecule has 0 saturated carbocycles. The Labute approximate surface area is 140 Å². The minimum absolute atomic E-state index is 0.00275. The number of carbonyl (C=O) groups excluding carboxylic acids is 1. The van der Waals surface area contributed by atoms with Gasteiger partial charge in [-0.1, -0.05) is 42.1 Å². The van der Waals surface area contributed by atoms with Crippen LogP contribution in [-0.2, 0) is 16.1 Å². The predicted molar refractivity (Wildman–Crippen MR) is 90.5 cm³/mol. The highest BCUT2D eigenvalue weighted by Gasteiger charge is 2.13. The van der Waals surface area contributed by atoms with Gasteiger partial charge in [-0.3, -0.25) is 4.79 Å². The van der Waals surface area contributed by atoms with Gasteiger partial charge in [-0.25, -0.2) is 0 Å². The Morgan fingerprint density at radius 3 is 2.78 bits per heavy atom. The molecule has 0 fully saturated rings. The van der Waals surface area contributed by atoms with Gasteiger partial charge in [0.2, 0.25) is 5.91 Å². The van der Waals surface area contributed by atoms with Crippen molar-refractivity contribution in [3.05, 3.63) is 41.7 Å². The summed E-state index contributed by atoms with van der Waals surface area (Å²) in [5.41, 5.74) is 1.18. The van der Waals surface area contributed by atoms with Crippen molar-refractivity contribution in [3.8, 4) is 0 Å². The minimum Gasteiger partial charge on any atom is -0.383 e. The van der Waals surface area contributed by atoms with Crippen molar-refractivity contribution in [1.29, 1.82) is 0 Å². The molecular formula is C16H22N4O2S. The molecule has 1 atom stereocenters. The van der Waals surface area contributed by atoms with E-state index in [1.807, 2.05) is 36.6 Å². The van der Waals surface area contributed by atoms with Gasteiger partial charge in [-0.2, -0.15) is 0 Å². The molecule has 2 rings (SSSR count). The van der Waals surface area contributed by atoms with Gasteiger partial charge in [0.15, 0.2) is 5.16 Å². The number of ether oxygens (including phenoxy) is 1. The molecule has 1 unspecified atom stereocenters. The second-order valence-corrected chi connectivity index (χ2v) is 6.26. The summed E-state index contributed by atoms with van der Waals surface area (Å²) >= 11 is 1.39. The van der Waals surface area contributed by atoms with Gasteiger partial charge >= 0.3 is 0 Å². The van der Waals surface area contributed by atoms with Gasteiger partial charge in [0.05, 0.1) is 18.9 Å². The summed E-state index contributed by atoms with van der Waals surface area (Å²) in [6.07, 6.45) is 0. The summed E-state index contributed by atoms with van der Waals surface area (Å²) < 4.78 is 7.03. The zero-order valence-corrected chi connectivity index (χ0v) is 14.5. The first-order valence-electron chi connectivity index (χ1n) is 7.45. The highest BCUT2D eigenvalue weighted by molar-refractivity contribution is 7.99. The van der Waals surface area contributed by atoms with Gasteiger partial charge < -0.3 is 14.6 Å². The Balaban J connectivity index is 1.94. The number of carbonyl (C=O) groups is 1. The lowest BCUT2D eigenvalue weighted by molar-refractivity contribution is -0.119. The van der Waals surface area contributed by atoms with E-state index >= 15 is 0 Å². The fraction of sp³-hybridized carbons (Fsp3) is 0.438. The SMILES string of the molecule is COCC(C)NC(=O)CSc1nnc(C)n1Cc1ccccc1. The van der Waals surface area contributed by atoms with Crippen molar-refractivity contribution in [1.82, 2.24) is 20.1 Å². The highest BCUT2D eigenvalue weighted by atomic mass is 32.2. The summed E-state index contributed by atoms with van der Waals surface area (Å²) in [7, 11) is 1.62. The molecule has 1 heterocycles. The average molecular weight is 334 g/mol. The van der Waals surface area contributed by atoms with E-state index in [0.29, 0.717) is 18.9 Å². The first kappa shape index (κ1) is 17.5.